The molecule has 2 aromatic carbocycles. The topological polar surface area (TPSA) is 21.6 Å². The van der Waals surface area contributed by atoms with Gasteiger partial charge in [0, 0.05) is 11.1 Å². The first kappa shape index (κ1) is 13.2. The first-order valence-electron chi connectivity index (χ1n) is 6.28. The monoisotopic (exact) mass is 251 g/mol. The molecule has 0 aliphatic heterocycles. The van der Waals surface area contributed by atoms with Gasteiger partial charge in [0.05, 0.1) is 5.69 Å². The number of hydrogen-bond donors (Lipinski definition) is 0. The van der Waals surface area contributed by atoms with Crippen LogP contribution >= 0.6 is 0 Å². The van der Waals surface area contributed by atoms with Crippen LogP contribution in [0.3, 0.4) is 0 Å². The summed E-state index contributed by atoms with van der Waals surface area (Å²) in [6.07, 6.45) is 0. The van der Waals surface area contributed by atoms with E-state index in [1.165, 1.54) is 0 Å². The van der Waals surface area contributed by atoms with Gasteiger partial charge in [0.15, 0.2) is 0 Å². The Bertz CT molecular complexity index is 670. The van der Waals surface area contributed by atoms with Gasteiger partial charge in [-0.05, 0) is 44.4 Å². The molecule has 0 spiro atoms. The molecule has 0 aromatic heterocycles. The van der Waals surface area contributed by atoms with Crippen molar-refractivity contribution in [1.29, 1.82) is 0 Å². The Morgan fingerprint density at radius 1 is 1.21 bits per heavy atom. The SMILES string of the molecule is CC#CCOc1ccc2cccc(N=C(C)C)c2c1. The van der Waals surface area contributed by atoms with Crippen LogP contribution in [0.1, 0.15) is 20.8 Å². The third-order valence-electron chi connectivity index (χ3n) is 2.66. The molecule has 0 aliphatic carbocycles. The highest BCUT2D eigenvalue weighted by atomic mass is 16.5. The molecule has 0 aliphatic rings. The lowest BCUT2D eigenvalue weighted by Crippen LogP contribution is -1.93. The molecule has 0 atom stereocenters. The summed E-state index contributed by atoms with van der Waals surface area (Å²) in [6, 6.07) is 12.2. The lowest BCUT2D eigenvalue weighted by Gasteiger charge is -2.06. The van der Waals surface area contributed by atoms with Crippen molar-refractivity contribution in [3.8, 4) is 17.6 Å². The Kier molecular flexibility index (Phi) is 4.20. The van der Waals surface area contributed by atoms with Crippen LogP contribution in [0.2, 0.25) is 0 Å². The van der Waals surface area contributed by atoms with Crippen LogP contribution in [-0.4, -0.2) is 12.3 Å². The van der Waals surface area contributed by atoms with E-state index in [0.717, 1.165) is 27.9 Å². The average Bonchev–Trinajstić information content (AvgIpc) is 2.39. The second-order valence-electron chi connectivity index (χ2n) is 4.43. The fourth-order valence-electron chi connectivity index (χ4n) is 1.86. The lowest BCUT2D eigenvalue weighted by molar-refractivity contribution is 0.371. The zero-order chi connectivity index (χ0) is 13.7. The van der Waals surface area contributed by atoms with Gasteiger partial charge >= 0.3 is 0 Å². The summed E-state index contributed by atoms with van der Waals surface area (Å²) in [6.45, 7) is 6.22. The van der Waals surface area contributed by atoms with Crippen LogP contribution in [-0.2, 0) is 0 Å². The number of hydrogen-bond acceptors (Lipinski definition) is 2. The second kappa shape index (κ2) is 6.06. The summed E-state index contributed by atoms with van der Waals surface area (Å²) in [4.78, 5) is 4.56. The molecule has 2 aromatic rings. The van der Waals surface area contributed by atoms with Crippen molar-refractivity contribution < 1.29 is 4.74 Å². The molecule has 0 saturated heterocycles. The molecule has 2 nitrogen and oxygen atoms in total. The Morgan fingerprint density at radius 2 is 2.05 bits per heavy atom. The van der Waals surface area contributed by atoms with Crippen molar-refractivity contribution >= 4 is 22.2 Å². The van der Waals surface area contributed by atoms with Gasteiger partial charge in [-0.25, -0.2) is 0 Å². The molecule has 2 rings (SSSR count). The number of nitrogens with zero attached hydrogens (tertiary/aromatic N) is 1. The first-order valence-corrected chi connectivity index (χ1v) is 6.28. The Labute approximate surface area is 114 Å². The van der Waals surface area contributed by atoms with Crippen molar-refractivity contribution in [2.24, 2.45) is 4.99 Å². The van der Waals surface area contributed by atoms with E-state index in [4.69, 9.17) is 4.74 Å². The van der Waals surface area contributed by atoms with Crippen molar-refractivity contribution in [3.63, 3.8) is 0 Å². The number of ether oxygens (including phenoxy) is 1. The van der Waals surface area contributed by atoms with Crippen molar-refractivity contribution in [1.82, 2.24) is 0 Å². The van der Waals surface area contributed by atoms with E-state index < -0.39 is 0 Å². The highest BCUT2D eigenvalue weighted by molar-refractivity contribution is 5.96. The van der Waals surface area contributed by atoms with Gasteiger partial charge in [-0.15, -0.1) is 5.92 Å². The number of benzene rings is 2. The highest BCUT2D eigenvalue weighted by Crippen LogP contribution is 2.29. The van der Waals surface area contributed by atoms with E-state index in [-0.39, 0.29) is 0 Å². The molecule has 0 radical (unpaired) electrons. The first-order chi connectivity index (χ1) is 9.20. The van der Waals surface area contributed by atoms with E-state index in [0.29, 0.717) is 6.61 Å². The molecular weight excluding hydrogens is 234 g/mol. The van der Waals surface area contributed by atoms with Gasteiger partial charge < -0.3 is 4.74 Å². The summed E-state index contributed by atoms with van der Waals surface area (Å²) < 4.78 is 5.59. The third-order valence-corrected chi connectivity index (χ3v) is 2.66. The normalized spacial score (nSPS) is 9.63. The maximum absolute atomic E-state index is 5.59. The summed E-state index contributed by atoms with van der Waals surface area (Å²) in [5.41, 5.74) is 2.01. The zero-order valence-corrected chi connectivity index (χ0v) is 11.5. The number of fused-ring (bicyclic) bond motifs is 1. The van der Waals surface area contributed by atoms with E-state index >= 15 is 0 Å². The number of aliphatic imine (C=N–C) groups is 1. The zero-order valence-electron chi connectivity index (χ0n) is 11.5. The minimum atomic E-state index is 0.417. The fourth-order valence-corrected chi connectivity index (χ4v) is 1.86. The van der Waals surface area contributed by atoms with Gasteiger partial charge in [0.2, 0.25) is 0 Å². The molecule has 0 amide bonds. The molecule has 96 valence electrons. The fraction of sp³-hybridized carbons (Fsp3) is 0.235. The predicted octanol–water partition coefficient (Wildman–Crippen LogP) is 4.35. The predicted molar refractivity (Wildman–Crippen MR) is 81.3 cm³/mol. The van der Waals surface area contributed by atoms with Gasteiger partial charge in [0.25, 0.3) is 0 Å². The van der Waals surface area contributed by atoms with Crippen LogP contribution in [0, 0.1) is 11.8 Å². The molecule has 0 saturated carbocycles. The molecule has 0 fully saturated rings. The highest BCUT2D eigenvalue weighted by Gasteiger charge is 2.02. The van der Waals surface area contributed by atoms with Crippen LogP contribution in [0.25, 0.3) is 10.8 Å². The molecule has 19 heavy (non-hydrogen) atoms. The van der Waals surface area contributed by atoms with Crippen LogP contribution in [0.15, 0.2) is 41.4 Å². The molecule has 0 heterocycles. The molecule has 2 heteroatoms. The van der Waals surface area contributed by atoms with Gasteiger partial charge in [-0.3, -0.25) is 4.99 Å². The van der Waals surface area contributed by atoms with Crippen LogP contribution in [0.5, 0.6) is 5.75 Å². The van der Waals surface area contributed by atoms with Gasteiger partial charge in [0.1, 0.15) is 12.4 Å². The summed E-state index contributed by atoms with van der Waals surface area (Å²) in [5, 5.41) is 2.27. The maximum Gasteiger partial charge on any atom is 0.149 e. The lowest BCUT2D eigenvalue weighted by atomic mass is 10.1. The van der Waals surface area contributed by atoms with Crippen LogP contribution < -0.4 is 4.74 Å². The smallest absolute Gasteiger partial charge is 0.149 e. The average molecular weight is 251 g/mol. The molecule has 0 unspecified atom stereocenters. The van der Waals surface area contributed by atoms with Gasteiger partial charge in [-0.1, -0.05) is 24.1 Å². The molecular formula is C17H17NO. The Hall–Kier alpha value is -2.27. The van der Waals surface area contributed by atoms with Crippen molar-refractivity contribution in [2.45, 2.75) is 20.8 Å². The summed E-state index contributed by atoms with van der Waals surface area (Å²) >= 11 is 0. The minimum absolute atomic E-state index is 0.417. The number of rotatable bonds is 3. The summed E-state index contributed by atoms with van der Waals surface area (Å²) in [5.74, 6) is 6.53. The maximum atomic E-state index is 5.59. The Morgan fingerprint density at radius 3 is 2.79 bits per heavy atom. The third kappa shape index (κ3) is 3.35. The van der Waals surface area contributed by atoms with Crippen molar-refractivity contribution in [3.05, 3.63) is 36.4 Å². The van der Waals surface area contributed by atoms with E-state index in [1.54, 1.807) is 6.92 Å². The van der Waals surface area contributed by atoms with E-state index in [1.807, 2.05) is 44.2 Å². The van der Waals surface area contributed by atoms with Gasteiger partial charge in [-0.2, -0.15) is 0 Å². The van der Waals surface area contributed by atoms with Crippen molar-refractivity contribution in [2.75, 3.05) is 6.61 Å². The second-order valence-corrected chi connectivity index (χ2v) is 4.43. The quantitative estimate of drug-likeness (QED) is 0.587. The molecule has 0 bridgehead atoms. The largest absolute Gasteiger partial charge is 0.481 e. The molecule has 0 N–H and O–H groups in total. The summed E-state index contributed by atoms with van der Waals surface area (Å²) in [7, 11) is 0. The van der Waals surface area contributed by atoms with E-state index in [9.17, 15) is 0 Å². The minimum Gasteiger partial charge on any atom is -0.481 e. The standard InChI is InChI=1S/C17H17NO/c1-4-5-11-19-15-10-9-14-7-6-8-17(16(14)12-15)18-13(2)3/h6-10,12H,11H2,1-3H3. The Balaban J connectivity index is 2.43. The van der Waals surface area contributed by atoms with Crippen LogP contribution in [0.4, 0.5) is 5.69 Å². The van der Waals surface area contributed by atoms with E-state index in [2.05, 4.69) is 22.9 Å².